The van der Waals surface area contributed by atoms with E-state index in [4.69, 9.17) is 5.73 Å². The molecule has 0 radical (unpaired) electrons. The molecule has 0 saturated heterocycles. The molecule has 15 heavy (non-hydrogen) atoms. The summed E-state index contributed by atoms with van der Waals surface area (Å²) in [5.74, 6) is 1.02. The van der Waals surface area contributed by atoms with Crippen molar-refractivity contribution in [1.29, 1.82) is 0 Å². The number of aryl methyl sites for hydroxylation is 1. The molecule has 2 heterocycles. The van der Waals surface area contributed by atoms with Gasteiger partial charge in [0.05, 0.1) is 3.79 Å². The minimum Gasteiger partial charge on any atom is -0.338 e. The standard InChI is InChI=1S/C10H12BrN3S/c1-14-5-4-13-10(14)6-7(12)8-2-3-9(11)15-8/h2-5,7H,6,12H2,1H3. The summed E-state index contributed by atoms with van der Waals surface area (Å²) in [5.41, 5.74) is 6.10. The summed E-state index contributed by atoms with van der Waals surface area (Å²) in [4.78, 5) is 5.45. The van der Waals surface area contributed by atoms with E-state index in [1.807, 2.05) is 23.9 Å². The van der Waals surface area contributed by atoms with E-state index in [0.29, 0.717) is 0 Å². The Morgan fingerprint density at radius 2 is 2.40 bits per heavy atom. The van der Waals surface area contributed by atoms with Gasteiger partial charge in [0.2, 0.25) is 0 Å². The van der Waals surface area contributed by atoms with E-state index < -0.39 is 0 Å². The summed E-state index contributed by atoms with van der Waals surface area (Å²) in [7, 11) is 1.99. The summed E-state index contributed by atoms with van der Waals surface area (Å²) < 4.78 is 3.12. The molecule has 80 valence electrons. The maximum atomic E-state index is 6.10. The highest BCUT2D eigenvalue weighted by Gasteiger charge is 2.11. The Morgan fingerprint density at radius 1 is 1.60 bits per heavy atom. The van der Waals surface area contributed by atoms with Gasteiger partial charge in [-0.05, 0) is 28.1 Å². The largest absolute Gasteiger partial charge is 0.338 e. The Balaban J connectivity index is 2.10. The van der Waals surface area contributed by atoms with Crippen LogP contribution in [0.15, 0.2) is 28.3 Å². The summed E-state index contributed by atoms with van der Waals surface area (Å²) >= 11 is 5.11. The topological polar surface area (TPSA) is 43.8 Å². The predicted octanol–water partition coefficient (Wildman–Crippen LogP) is 2.49. The minimum atomic E-state index is 0.0300. The fourth-order valence-electron chi connectivity index (χ4n) is 1.42. The zero-order chi connectivity index (χ0) is 10.8. The van der Waals surface area contributed by atoms with Gasteiger partial charge in [0.25, 0.3) is 0 Å². The SMILES string of the molecule is Cn1ccnc1CC(N)c1ccc(Br)s1. The average molecular weight is 286 g/mol. The molecule has 0 aliphatic heterocycles. The van der Waals surface area contributed by atoms with Gasteiger partial charge >= 0.3 is 0 Å². The Kier molecular flexibility index (Phi) is 3.23. The van der Waals surface area contributed by atoms with Crippen molar-refractivity contribution in [2.24, 2.45) is 12.8 Å². The van der Waals surface area contributed by atoms with Crippen LogP contribution in [0.3, 0.4) is 0 Å². The molecular weight excluding hydrogens is 274 g/mol. The van der Waals surface area contributed by atoms with Crippen LogP contribution in [0, 0.1) is 0 Å². The van der Waals surface area contributed by atoms with E-state index in [-0.39, 0.29) is 6.04 Å². The van der Waals surface area contributed by atoms with Crippen LogP contribution in [0.1, 0.15) is 16.7 Å². The van der Waals surface area contributed by atoms with Crippen LogP contribution in [0.5, 0.6) is 0 Å². The van der Waals surface area contributed by atoms with Gasteiger partial charge in [0, 0.05) is 36.8 Å². The van der Waals surface area contributed by atoms with Crippen LogP contribution in [0.4, 0.5) is 0 Å². The number of nitrogens with zero attached hydrogens (tertiary/aromatic N) is 2. The van der Waals surface area contributed by atoms with Gasteiger partial charge in [0.15, 0.2) is 0 Å². The Bertz CT molecular complexity index is 449. The van der Waals surface area contributed by atoms with Crippen molar-refractivity contribution in [3.8, 4) is 0 Å². The van der Waals surface area contributed by atoms with Crippen molar-refractivity contribution in [2.45, 2.75) is 12.5 Å². The number of rotatable bonds is 3. The van der Waals surface area contributed by atoms with Crippen LogP contribution in [0.25, 0.3) is 0 Å². The number of thiophene rings is 1. The van der Waals surface area contributed by atoms with E-state index in [2.05, 4.69) is 27.0 Å². The Labute approximate surface area is 101 Å². The van der Waals surface area contributed by atoms with Crippen molar-refractivity contribution in [3.63, 3.8) is 0 Å². The third-order valence-electron chi connectivity index (χ3n) is 2.28. The first-order chi connectivity index (χ1) is 7.16. The highest BCUT2D eigenvalue weighted by Crippen LogP contribution is 2.27. The average Bonchev–Trinajstić information content (AvgIpc) is 2.77. The van der Waals surface area contributed by atoms with Gasteiger partial charge in [-0.25, -0.2) is 4.98 Å². The molecule has 0 fully saturated rings. The molecule has 3 nitrogen and oxygen atoms in total. The quantitative estimate of drug-likeness (QED) is 0.942. The van der Waals surface area contributed by atoms with Crippen LogP contribution in [0.2, 0.25) is 0 Å². The van der Waals surface area contributed by atoms with Crippen LogP contribution in [-0.2, 0) is 13.5 Å². The van der Waals surface area contributed by atoms with Gasteiger partial charge in [-0.1, -0.05) is 0 Å². The van der Waals surface area contributed by atoms with E-state index in [1.54, 1.807) is 17.5 Å². The zero-order valence-corrected chi connectivity index (χ0v) is 10.8. The van der Waals surface area contributed by atoms with Crippen molar-refractivity contribution < 1.29 is 0 Å². The highest BCUT2D eigenvalue weighted by molar-refractivity contribution is 9.11. The normalized spacial score (nSPS) is 13.0. The first-order valence-corrected chi connectivity index (χ1v) is 6.25. The van der Waals surface area contributed by atoms with E-state index >= 15 is 0 Å². The molecule has 0 aliphatic carbocycles. The molecule has 0 bridgehead atoms. The van der Waals surface area contributed by atoms with Crippen molar-refractivity contribution in [2.75, 3.05) is 0 Å². The van der Waals surface area contributed by atoms with Crippen LogP contribution in [-0.4, -0.2) is 9.55 Å². The molecule has 1 unspecified atom stereocenters. The number of aromatic nitrogens is 2. The highest BCUT2D eigenvalue weighted by atomic mass is 79.9. The number of nitrogens with two attached hydrogens (primary N) is 1. The second-order valence-electron chi connectivity index (χ2n) is 3.41. The Hall–Kier alpha value is -0.650. The molecule has 5 heteroatoms. The smallest absolute Gasteiger partial charge is 0.110 e. The fourth-order valence-corrected chi connectivity index (χ4v) is 2.84. The van der Waals surface area contributed by atoms with Gasteiger partial charge in [0.1, 0.15) is 5.82 Å². The lowest BCUT2D eigenvalue weighted by molar-refractivity contribution is 0.669. The summed E-state index contributed by atoms with van der Waals surface area (Å²) in [6.07, 6.45) is 4.51. The lowest BCUT2D eigenvalue weighted by Gasteiger charge is -2.08. The number of hydrogen-bond acceptors (Lipinski definition) is 3. The lowest BCUT2D eigenvalue weighted by Crippen LogP contribution is -2.14. The molecule has 2 aromatic heterocycles. The lowest BCUT2D eigenvalue weighted by atomic mass is 10.2. The summed E-state index contributed by atoms with van der Waals surface area (Å²) in [5, 5.41) is 0. The van der Waals surface area contributed by atoms with Gasteiger partial charge in [-0.15, -0.1) is 11.3 Å². The van der Waals surface area contributed by atoms with Gasteiger partial charge < -0.3 is 10.3 Å². The molecule has 0 spiro atoms. The molecule has 0 aliphatic rings. The number of halogens is 1. The van der Waals surface area contributed by atoms with Crippen molar-refractivity contribution in [1.82, 2.24) is 9.55 Å². The summed E-state index contributed by atoms with van der Waals surface area (Å²) in [6.45, 7) is 0. The van der Waals surface area contributed by atoms with Crippen LogP contribution < -0.4 is 5.73 Å². The monoisotopic (exact) mass is 285 g/mol. The van der Waals surface area contributed by atoms with E-state index in [1.165, 1.54) is 4.88 Å². The number of hydrogen-bond donors (Lipinski definition) is 1. The molecule has 2 aromatic rings. The maximum Gasteiger partial charge on any atom is 0.110 e. The molecule has 0 aromatic carbocycles. The third kappa shape index (κ3) is 2.48. The molecule has 2 rings (SSSR count). The van der Waals surface area contributed by atoms with Crippen molar-refractivity contribution in [3.05, 3.63) is 39.0 Å². The van der Waals surface area contributed by atoms with Gasteiger partial charge in [-0.3, -0.25) is 0 Å². The maximum absolute atomic E-state index is 6.10. The fraction of sp³-hybridized carbons (Fsp3) is 0.300. The molecule has 0 saturated carbocycles. The zero-order valence-electron chi connectivity index (χ0n) is 8.35. The molecule has 0 amide bonds. The van der Waals surface area contributed by atoms with Crippen molar-refractivity contribution >= 4 is 27.3 Å². The van der Waals surface area contributed by atoms with Gasteiger partial charge in [-0.2, -0.15) is 0 Å². The first-order valence-electron chi connectivity index (χ1n) is 4.64. The first kappa shape index (κ1) is 10.9. The molecular formula is C10H12BrN3S. The molecule has 2 N–H and O–H groups in total. The molecule has 1 atom stereocenters. The van der Waals surface area contributed by atoms with E-state index in [9.17, 15) is 0 Å². The Morgan fingerprint density at radius 3 is 2.93 bits per heavy atom. The van der Waals surface area contributed by atoms with E-state index in [0.717, 1.165) is 16.0 Å². The second-order valence-corrected chi connectivity index (χ2v) is 5.90. The predicted molar refractivity (Wildman–Crippen MR) is 65.9 cm³/mol. The summed E-state index contributed by atoms with van der Waals surface area (Å²) in [6, 6.07) is 4.11. The third-order valence-corrected chi connectivity index (χ3v) is 4.04. The van der Waals surface area contributed by atoms with Crippen LogP contribution >= 0.6 is 27.3 Å². The number of imidazole rings is 1. The minimum absolute atomic E-state index is 0.0300. The second kappa shape index (κ2) is 4.47.